The number of benzene rings is 1. The molecule has 0 bridgehead atoms. The Hall–Kier alpha value is -2.14. The molecule has 6 heteroatoms. The van der Waals surface area contributed by atoms with Gasteiger partial charge in [-0.1, -0.05) is 11.6 Å². The molecule has 1 aromatic carbocycles. The van der Waals surface area contributed by atoms with E-state index in [0.29, 0.717) is 11.3 Å². The van der Waals surface area contributed by atoms with Crippen molar-refractivity contribution >= 4 is 29.0 Å². The second kappa shape index (κ2) is 5.01. The van der Waals surface area contributed by atoms with Gasteiger partial charge in [0.1, 0.15) is 0 Å². The van der Waals surface area contributed by atoms with Crippen molar-refractivity contribution < 1.29 is 9.18 Å². The van der Waals surface area contributed by atoms with Crippen LogP contribution in [0.4, 0.5) is 15.9 Å². The molecule has 0 aliphatic rings. The minimum Gasteiger partial charge on any atom is -0.366 e. The SMILES string of the molecule is NC(=O)c1ccc(Nc2ncc(Cl)cc2F)cc1. The fourth-order valence-electron chi connectivity index (χ4n) is 1.36. The quantitative estimate of drug-likeness (QED) is 0.897. The second-order valence-electron chi connectivity index (χ2n) is 3.55. The summed E-state index contributed by atoms with van der Waals surface area (Å²) in [6, 6.07) is 7.46. The standard InChI is InChI=1S/C12H9ClFN3O/c13-8-5-10(14)12(16-6-8)17-9-3-1-7(2-4-9)11(15)18/h1-6H,(H2,15,18)(H,16,17). The Bertz CT molecular complexity index is 586. The van der Waals surface area contributed by atoms with Gasteiger partial charge in [0.15, 0.2) is 11.6 Å². The molecule has 0 aliphatic heterocycles. The van der Waals surface area contributed by atoms with E-state index < -0.39 is 11.7 Å². The third-order valence-corrected chi connectivity index (χ3v) is 2.45. The minimum atomic E-state index is -0.554. The van der Waals surface area contributed by atoms with Gasteiger partial charge in [0.2, 0.25) is 5.91 Å². The molecule has 2 rings (SSSR count). The summed E-state index contributed by atoms with van der Waals surface area (Å²) < 4.78 is 13.5. The van der Waals surface area contributed by atoms with Gasteiger partial charge in [0.25, 0.3) is 0 Å². The number of halogens is 2. The number of nitrogens with one attached hydrogen (secondary N) is 1. The first-order valence-electron chi connectivity index (χ1n) is 5.04. The Morgan fingerprint density at radius 2 is 2.00 bits per heavy atom. The predicted octanol–water partition coefficient (Wildman–Crippen LogP) is 2.72. The molecule has 18 heavy (non-hydrogen) atoms. The van der Waals surface area contributed by atoms with Gasteiger partial charge in [-0.2, -0.15) is 0 Å². The number of hydrogen-bond acceptors (Lipinski definition) is 3. The summed E-state index contributed by atoms with van der Waals surface area (Å²) >= 11 is 5.59. The number of pyridine rings is 1. The summed E-state index contributed by atoms with van der Waals surface area (Å²) in [5, 5.41) is 2.99. The smallest absolute Gasteiger partial charge is 0.248 e. The molecular formula is C12H9ClFN3O. The Balaban J connectivity index is 2.21. The lowest BCUT2D eigenvalue weighted by molar-refractivity contribution is 0.100. The van der Waals surface area contributed by atoms with Crippen LogP contribution in [0.2, 0.25) is 5.02 Å². The first kappa shape index (κ1) is 12.3. The van der Waals surface area contributed by atoms with Gasteiger partial charge in [-0.3, -0.25) is 4.79 Å². The van der Waals surface area contributed by atoms with E-state index in [-0.39, 0.29) is 10.8 Å². The van der Waals surface area contributed by atoms with Crippen LogP contribution in [-0.4, -0.2) is 10.9 Å². The number of primary amides is 1. The zero-order valence-corrected chi connectivity index (χ0v) is 9.91. The van der Waals surface area contributed by atoms with Crippen molar-refractivity contribution in [3.8, 4) is 0 Å². The molecule has 0 fully saturated rings. The first-order valence-corrected chi connectivity index (χ1v) is 5.42. The summed E-state index contributed by atoms with van der Waals surface area (Å²) in [6.07, 6.45) is 1.34. The Labute approximate surface area is 108 Å². The number of carbonyl (C=O) groups excluding carboxylic acids is 1. The van der Waals surface area contributed by atoms with Gasteiger partial charge in [-0.15, -0.1) is 0 Å². The van der Waals surface area contributed by atoms with Gasteiger partial charge < -0.3 is 11.1 Å². The molecule has 0 saturated carbocycles. The van der Waals surface area contributed by atoms with Crippen molar-refractivity contribution in [2.24, 2.45) is 5.73 Å². The van der Waals surface area contributed by atoms with Gasteiger partial charge >= 0.3 is 0 Å². The monoisotopic (exact) mass is 265 g/mol. The van der Waals surface area contributed by atoms with Crippen molar-refractivity contribution in [3.63, 3.8) is 0 Å². The number of amides is 1. The van der Waals surface area contributed by atoms with E-state index in [1.54, 1.807) is 24.3 Å². The molecule has 1 aromatic heterocycles. The highest BCUT2D eigenvalue weighted by molar-refractivity contribution is 6.30. The third kappa shape index (κ3) is 2.75. The van der Waals surface area contributed by atoms with E-state index in [9.17, 15) is 9.18 Å². The minimum absolute atomic E-state index is 0.0613. The molecule has 0 aliphatic carbocycles. The lowest BCUT2D eigenvalue weighted by Crippen LogP contribution is -2.10. The van der Waals surface area contributed by atoms with Crippen LogP contribution in [-0.2, 0) is 0 Å². The molecule has 1 amide bonds. The Morgan fingerprint density at radius 3 is 2.56 bits per heavy atom. The van der Waals surface area contributed by atoms with E-state index in [0.717, 1.165) is 6.07 Å². The molecule has 0 radical (unpaired) electrons. The third-order valence-electron chi connectivity index (χ3n) is 2.24. The number of anilines is 2. The number of hydrogen-bond donors (Lipinski definition) is 2. The van der Waals surface area contributed by atoms with Crippen LogP contribution >= 0.6 is 11.6 Å². The number of nitrogens with zero attached hydrogens (tertiary/aromatic N) is 1. The van der Waals surface area contributed by atoms with Crippen LogP contribution in [0, 0.1) is 5.82 Å². The molecule has 3 N–H and O–H groups in total. The van der Waals surface area contributed by atoms with Gasteiger partial charge in [0, 0.05) is 17.4 Å². The van der Waals surface area contributed by atoms with Gasteiger partial charge in [0.05, 0.1) is 5.02 Å². The highest BCUT2D eigenvalue weighted by Crippen LogP contribution is 2.20. The molecule has 0 unspecified atom stereocenters. The Morgan fingerprint density at radius 1 is 1.33 bits per heavy atom. The van der Waals surface area contributed by atoms with Crippen molar-refractivity contribution in [1.29, 1.82) is 0 Å². The van der Waals surface area contributed by atoms with E-state index in [2.05, 4.69) is 10.3 Å². The van der Waals surface area contributed by atoms with E-state index >= 15 is 0 Å². The second-order valence-corrected chi connectivity index (χ2v) is 3.99. The number of aromatic nitrogens is 1. The maximum Gasteiger partial charge on any atom is 0.248 e. The zero-order valence-electron chi connectivity index (χ0n) is 9.15. The lowest BCUT2D eigenvalue weighted by Gasteiger charge is -2.07. The lowest BCUT2D eigenvalue weighted by atomic mass is 10.2. The fraction of sp³-hybridized carbons (Fsp3) is 0. The van der Waals surface area contributed by atoms with Gasteiger partial charge in [-0.25, -0.2) is 9.37 Å². The zero-order chi connectivity index (χ0) is 13.1. The topological polar surface area (TPSA) is 68.0 Å². The van der Waals surface area contributed by atoms with E-state index in [1.165, 1.54) is 6.20 Å². The van der Waals surface area contributed by atoms with Crippen LogP contribution in [0.25, 0.3) is 0 Å². The number of nitrogens with two attached hydrogens (primary N) is 1. The highest BCUT2D eigenvalue weighted by atomic mass is 35.5. The van der Waals surface area contributed by atoms with E-state index in [4.69, 9.17) is 17.3 Å². The largest absolute Gasteiger partial charge is 0.366 e. The first-order chi connectivity index (χ1) is 8.56. The summed E-state index contributed by atoms with van der Waals surface area (Å²) in [6.45, 7) is 0. The van der Waals surface area contributed by atoms with Crippen molar-refractivity contribution in [1.82, 2.24) is 4.98 Å². The molecule has 1 heterocycles. The van der Waals surface area contributed by atoms with Gasteiger partial charge in [-0.05, 0) is 30.3 Å². The molecule has 0 saturated heterocycles. The maximum atomic E-state index is 13.5. The molecule has 2 aromatic rings. The summed E-state index contributed by atoms with van der Waals surface area (Å²) in [5.41, 5.74) is 6.08. The molecule has 4 nitrogen and oxygen atoms in total. The normalized spacial score (nSPS) is 10.1. The maximum absolute atomic E-state index is 13.5. The molecule has 92 valence electrons. The van der Waals surface area contributed by atoms with Crippen LogP contribution in [0.1, 0.15) is 10.4 Å². The van der Waals surface area contributed by atoms with E-state index in [1.807, 2.05) is 0 Å². The summed E-state index contributed by atoms with van der Waals surface area (Å²) in [7, 11) is 0. The van der Waals surface area contributed by atoms with Crippen molar-refractivity contribution in [2.45, 2.75) is 0 Å². The molecular weight excluding hydrogens is 257 g/mol. The summed E-state index contributed by atoms with van der Waals surface area (Å²) in [4.78, 5) is 14.7. The molecule has 0 atom stereocenters. The summed E-state index contributed by atoms with van der Waals surface area (Å²) in [5.74, 6) is -1.01. The van der Waals surface area contributed by atoms with Crippen LogP contribution in [0.15, 0.2) is 36.5 Å². The molecule has 0 spiro atoms. The average molecular weight is 266 g/mol. The van der Waals surface area contributed by atoms with Crippen LogP contribution < -0.4 is 11.1 Å². The van der Waals surface area contributed by atoms with Crippen molar-refractivity contribution in [2.75, 3.05) is 5.32 Å². The predicted molar refractivity (Wildman–Crippen MR) is 67.4 cm³/mol. The fourth-order valence-corrected chi connectivity index (χ4v) is 1.51. The number of rotatable bonds is 3. The highest BCUT2D eigenvalue weighted by Gasteiger charge is 2.05. The number of carbonyl (C=O) groups is 1. The van der Waals surface area contributed by atoms with Crippen molar-refractivity contribution in [3.05, 3.63) is 52.9 Å². The average Bonchev–Trinajstić information content (AvgIpc) is 2.33. The Kier molecular flexibility index (Phi) is 3.43. The van der Waals surface area contributed by atoms with Crippen LogP contribution in [0.3, 0.4) is 0 Å². The van der Waals surface area contributed by atoms with Crippen LogP contribution in [0.5, 0.6) is 0 Å².